The fourth-order valence-electron chi connectivity index (χ4n) is 2.03. The van der Waals surface area contributed by atoms with Crippen molar-refractivity contribution in [2.75, 3.05) is 5.32 Å². The third-order valence-electron chi connectivity index (χ3n) is 3.03. The third-order valence-corrected chi connectivity index (χ3v) is 3.03. The number of halogens is 1. The highest BCUT2D eigenvalue weighted by Gasteiger charge is 2.11. The van der Waals surface area contributed by atoms with Gasteiger partial charge in [-0.05, 0) is 24.3 Å². The maximum absolute atomic E-state index is 13.7. The van der Waals surface area contributed by atoms with E-state index in [9.17, 15) is 9.18 Å². The predicted octanol–water partition coefficient (Wildman–Crippen LogP) is 3.21. The largest absolute Gasteiger partial charge is 0.478 e. The van der Waals surface area contributed by atoms with Crippen molar-refractivity contribution in [1.82, 2.24) is 10.2 Å². The van der Waals surface area contributed by atoms with Crippen LogP contribution < -0.4 is 5.32 Å². The Morgan fingerprint density at radius 2 is 2.00 bits per heavy atom. The Bertz CT molecular complexity index is 831. The molecule has 0 radical (unpaired) electrons. The van der Waals surface area contributed by atoms with Gasteiger partial charge in [-0.15, -0.1) is 0 Å². The van der Waals surface area contributed by atoms with Crippen molar-refractivity contribution >= 4 is 28.2 Å². The van der Waals surface area contributed by atoms with Crippen LogP contribution in [0.25, 0.3) is 10.9 Å². The molecule has 3 aromatic rings. The normalized spacial score (nSPS) is 10.5. The zero-order chi connectivity index (χ0) is 14.8. The molecule has 0 spiro atoms. The highest BCUT2D eigenvalue weighted by molar-refractivity contribution is 5.92. The molecular weight excluding hydrogens is 273 g/mol. The lowest BCUT2D eigenvalue weighted by Gasteiger charge is -2.09. The summed E-state index contributed by atoms with van der Waals surface area (Å²) >= 11 is 0. The number of carboxylic acid groups (broad SMARTS) is 1. The summed E-state index contributed by atoms with van der Waals surface area (Å²) in [7, 11) is 0. The van der Waals surface area contributed by atoms with Crippen molar-refractivity contribution in [3.8, 4) is 0 Å². The number of aromatic carboxylic acids is 1. The SMILES string of the molecule is O=C(O)c1ccc(Nc2cnnc3ccccc23)cc1F. The Morgan fingerprint density at radius 3 is 2.76 bits per heavy atom. The first-order chi connectivity index (χ1) is 10.1. The van der Waals surface area contributed by atoms with Gasteiger partial charge in [0.25, 0.3) is 0 Å². The molecular formula is C15H10FN3O2. The molecule has 21 heavy (non-hydrogen) atoms. The van der Waals surface area contributed by atoms with Gasteiger partial charge in [0.15, 0.2) is 0 Å². The van der Waals surface area contributed by atoms with E-state index in [0.29, 0.717) is 16.9 Å². The Morgan fingerprint density at radius 1 is 1.19 bits per heavy atom. The standard InChI is InChI=1S/C15H10FN3O2/c16-12-7-9(5-6-10(12)15(20)21)18-14-8-17-19-13-4-2-1-3-11(13)14/h1-8H,(H,18,19)(H,20,21). The number of hydrogen-bond acceptors (Lipinski definition) is 4. The van der Waals surface area contributed by atoms with Crippen molar-refractivity contribution < 1.29 is 14.3 Å². The molecule has 0 bridgehead atoms. The quantitative estimate of drug-likeness (QED) is 0.772. The van der Waals surface area contributed by atoms with Crippen LogP contribution in [0, 0.1) is 5.82 Å². The minimum absolute atomic E-state index is 0.363. The van der Waals surface area contributed by atoms with E-state index < -0.39 is 11.8 Å². The number of rotatable bonds is 3. The van der Waals surface area contributed by atoms with Gasteiger partial charge in [-0.2, -0.15) is 10.2 Å². The van der Waals surface area contributed by atoms with Crippen LogP contribution in [-0.4, -0.2) is 21.3 Å². The fraction of sp³-hybridized carbons (Fsp3) is 0. The van der Waals surface area contributed by atoms with Gasteiger partial charge in [0.2, 0.25) is 0 Å². The number of carboxylic acids is 1. The summed E-state index contributed by atoms with van der Waals surface area (Å²) in [6.07, 6.45) is 1.53. The van der Waals surface area contributed by atoms with Crippen LogP contribution in [0.15, 0.2) is 48.7 Å². The lowest BCUT2D eigenvalue weighted by Crippen LogP contribution is -2.01. The maximum Gasteiger partial charge on any atom is 0.338 e. The Balaban J connectivity index is 1.99. The number of nitrogens with one attached hydrogen (secondary N) is 1. The monoisotopic (exact) mass is 283 g/mol. The molecule has 0 aliphatic carbocycles. The number of carbonyl (C=O) groups is 1. The molecule has 1 heterocycles. The summed E-state index contributed by atoms with van der Waals surface area (Å²) in [5.41, 5.74) is 1.46. The highest BCUT2D eigenvalue weighted by Crippen LogP contribution is 2.25. The molecule has 0 fully saturated rings. The van der Waals surface area contributed by atoms with Crippen LogP contribution in [-0.2, 0) is 0 Å². The number of aromatic nitrogens is 2. The van der Waals surface area contributed by atoms with Crippen LogP contribution in [0.2, 0.25) is 0 Å². The van der Waals surface area contributed by atoms with Gasteiger partial charge < -0.3 is 10.4 Å². The van der Waals surface area contributed by atoms with Gasteiger partial charge >= 0.3 is 5.97 Å². The molecule has 0 aliphatic heterocycles. The van der Waals surface area contributed by atoms with Crippen molar-refractivity contribution in [3.05, 3.63) is 60.0 Å². The van der Waals surface area contributed by atoms with E-state index in [-0.39, 0.29) is 5.56 Å². The summed E-state index contributed by atoms with van der Waals surface area (Å²) in [5.74, 6) is -2.09. The van der Waals surface area contributed by atoms with Crippen LogP contribution >= 0.6 is 0 Å². The molecule has 0 saturated heterocycles. The molecule has 0 atom stereocenters. The molecule has 0 unspecified atom stereocenters. The van der Waals surface area contributed by atoms with Crippen molar-refractivity contribution in [2.24, 2.45) is 0 Å². The molecule has 2 aromatic carbocycles. The molecule has 6 heteroatoms. The Labute approximate surface area is 119 Å². The second kappa shape index (κ2) is 5.16. The fourth-order valence-corrected chi connectivity index (χ4v) is 2.03. The van der Waals surface area contributed by atoms with Gasteiger partial charge in [-0.3, -0.25) is 0 Å². The molecule has 0 amide bonds. The van der Waals surface area contributed by atoms with Gasteiger partial charge in [0, 0.05) is 11.1 Å². The maximum atomic E-state index is 13.7. The van der Waals surface area contributed by atoms with Crippen molar-refractivity contribution in [3.63, 3.8) is 0 Å². The zero-order valence-corrected chi connectivity index (χ0v) is 10.7. The first-order valence-electron chi connectivity index (χ1n) is 6.15. The topological polar surface area (TPSA) is 75.1 Å². The average molecular weight is 283 g/mol. The Hall–Kier alpha value is -3.02. The van der Waals surface area contributed by atoms with Crippen molar-refractivity contribution in [2.45, 2.75) is 0 Å². The molecule has 3 rings (SSSR count). The molecule has 5 nitrogen and oxygen atoms in total. The summed E-state index contributed by atoms with van der Waals surface area (Å²) in [6.45, 7) is 0. The zero-order valence-electron chi connectivity index (χ0n) is 10.7. The second-order valence-electron chi connectivity index (χ2n) is 4.40. The predicted molar refractivity (Wildman–Crippen MR) is 76.2 cm³/mol. The molecule has 2 N–H and O–H groups in total. The molecule has 0 aliphatic rings. The molecule has 0 saturated carbocycles. The minimum Gasteiger partial charge on any atom is -0.478 e. The average Bonchev–Trinajstić information content (AvgIpc) is 2.47. The van der Waals surface area contributed by atoms with Gasteiger partial charge in [-0.25, -0.2) is 9.18 Å². The van der Waals surface area contributed by atoms with Gasteiger partial charge in [-0.1, -0.05) is 18.2 Å². The van der Waals surface area contributed by atoms with Crippen LogP contribution in [0.3, 0.4) is 0 Å². The summed E-state index contributed by atoms with van der Waals surface area (Å²) in [6, 6.07) is 11.3. The molecule has 1 aromatic heterocycles. The third kappa shape index (κ3) is 2.51. The summed E-state index contributed by atoms with van der Waals surface area (Å²) in [4.78, 5) is 10.8. The number of nitrogens with zero attached hydrogens (tertiary/aromatic N) is 2. The van der Waals surface area contributed by atoms with Gasteiger partial charge in [0.1, 0.15) is 5.82 Å². The van der Waals surface area contributed by atoms with Gasteiger partial charge in [0.05, 0.1) is 23.0 Å². The van der Waals surface area contributed by atoms with E-state index >= 15 is 0 Å². The number of fused-ring (bicyclic) bond motifs is 1. The summed E-state index contributed by atoms with van der Waals surface area (Å²) in [5, 5.41) is 20.5. The number of anilines is 2. The van der Waals surface area contributed by atoms with E-state index in [2.05, 4.69) is 15.5 Å². The van der Waals surface area contributed by atoms with E-state index in [1.807, 2.05) is 24.3 Å². The smallest absolute Gasteiger partial charge is 0.338 e. The first-order valence-corrected chi connectivity index (χ1v) is 6.15. The van der Waals surface area contributed by atoms with Crippen LogP contribution in [0.1, 0.15) is 10.4 Å². The van der Waals surface area contributed by atoms with E-state index in [0.717, 1.165) is 11.5 Å². The van der Waals surface area contributed by atoms with Crippen molar-refractivity contribution in [1.29, 1.82) is 0 Å². The second-order valence-corrected chi connectivity index (χ2v) is 4.40. The lowest BCUT2D eigenvalue weighted by molar-refractivity contribution is 0.0692. The molecule has 104 valence electrons. The number of hydrogen-bond donors (Lipinski definition) is 2. The van der Waals surface area contributed by atoms with E-state index in [4.69, 9.17) is 5.11 Å². The summed E-state index contributed by atoms with van der Waals surface area (Å²) < 4.78 is 13.7. The number of benzene rings is 2. The highest BCUT2D eigenvalue weighted by atomic mass is 19.1. The van der Waals surface area contributed by atoms with E-state index in [1.165, 1.54) is 18.3 Å². The minimum atomic E-state index is -1.30. The van der Waals surface area contributed by atoms with Crippen LogP contribution in [0.4, 0.5) is 15.8 Å². The lowest BCUT2D eigenvalue weighted by atomic mass is 10.1. The first kappa shape index (κ1) is 13.0. The van der Waals surface area contributed by atoms with Crippen LogP contribution in [0.5, 0.6) is 0 Å². The van der Waals surface area contributed by atoms with E-state index in [1.54, 1.807) is 0 Å². The Kier molecular flexibility index (Phi) is 3.19.